The van der Waals surface area contributed by atoms with Gasteiger partial charge in [-0.15, -0.1) is 0 Å². The molecule has 4 rings (SSSR count). The summed E-state index contributed by atoms with van der Waals surface area (Å²) >= 11 is 0. The molecule has 0 amide bonds. The van der Waals surface area contributed by atoms with Crippen molar-refractivity contribution in [1.29, 1.82) is 0 Å². The summed E-state index contributed by atoms with van der Waals surface area (Å²) in [6.45, 7) is 7.31. The van der Waals surface area contributed by atoms with Crippen LogP contribution in [0.15, 0.2) is 30.3 Å². The Labute approximate surface area is 174 Å². The number of carboxylic acid groups (broad SMARTS) is 1. The first-order chi connectivity index (χ1) is 14.1. The van der Waals surface area contributed by atoms with Crippen LogP contribution in [0, 0.1) is 10.8 Å². The van der Waals surface area contributed by atoms with Crippen LogP contribution in [-0.2, 0) is 9.53 Å². The average Bonchev–Trinajstić information content (AvgIpc) is 3.49. The van der Waals surface area contributed by atoms with Gasteiger partial charge in [-0.3, -0.25) is 4.79 Å². The number of hydrogen-bond acceptors (Lipinski definition) is 4. The monoisotopic (exact) mass is 400 g/mol. The number of carbonyl (C=O) groups is 1. The van der Waals surface area contributed by atoms with Gasteiger partial charge >= 0.3 is 5.97 Å². The first kappa shape index (κ1) is 20.8. The molecule has 0 radical (unpaired) electrons. The van der Waals surface area contributed by atoms with Gasteiger partial charge in [-0.05, 0) is 57.7 Å². The normalized spacial score (nSPS) is 27.9. The zero-order valence-corrected chi connectivity index (χ0v) is 17.7. The minimum Gasteiger partial charge on any atom is -0.481 e. The lowest BCUT2D eigenvalue weighted by atomic mass is 9.68. The third-order valence-electron chi connectivity index (χ3n) is 7.58. The number of aliphatic carboxylic acids is 1. The number of rotatable bonds is 10. The molecule has 3 fully saturated rings. The molecule has 1 unspecified atom stereocenters. The Morgan fingerprint density at radius 2 is 1.93 bits per heavy atom. The summed E-state index contributed by atoms with van der Waals surface area (Å²) in [5, 5.41) is 13.5. The van der Waals surface area contributed by atoms with Crippen LogP contribution in [0.4, 0.5) is 0 Å². The molecule has 0 spiro atoms. The van der Waals surface area contributed by atoms with Crippen molar-refractivity contribution in [2.24, 2.45) is 10.8 Å². The van der Waals surface area contributed by atoms with Gasteiger partial charge in [0.05, 0.1) is 12.0 Å². The first-order valence-electron chi connectivity index (χ1n) is 11.4. The van der Waals surface area contributed by atoms with E-state index in [0.717, 1.165) is 71.5 Å². The Bertz CT molecular complexity index is 681. The molecular formula is C24H36N2O3. The molecule has 2 saturated carbocycles. The van der Waals surface area contributed by atoms with Gasteiger partial charge < -0.3 is 20.1 Å². The summed E-state index contributed by atoms with van der Waals surface area (Å²) in [7, 11) is 0. The lowest BCUT2D eigenvalue weighted by molar-refractivity contribution is -0.157. The average molecular weight is 401 g/mol. The minimum atomic E-state index is -0.600. The van der Waals surface area contributed by atoms with Crippen LogP contribution in [0.2, 0.25) is 0 Å². The highest BCUT2D eigenvalue weighted by Gasteiger charge is 2.47. The number of hydrogen-bond donors (Lipinski definition) is 2. The number of nitrogens with zero attached hydrogens (tertiary/aromatic N) is 1. The molecule has 2 aliphatic carbocycles. The molecule has 1 aromatic carbocycles. The second-order valence-corrected chi connectivity index (χ2v) is 9.59. The van der Waals surface area contributed by atoms with Crippen molar-refractivity contribution in [1.82, 2.24) is 10.2 Å². The molecule has 5 heteroatoms. The van der Waals surface area contributed by atoms with E-state index in [0.29, 0.717) is 12.0 Å². The van der Waals surface area contributed by atoms with Crippen molar-refractivity contribution in [3.05, 3.63) is 35.9 Å². The predicted molar refractivity (Wildman–Crippen MR) is 114 cm³/mol. The van der Waals surface area contributed by atoms with E-state index in [1.807, 2.05) is 0 Å². The van der Waals surface area contributed by atoms with Crippen LogP contribution in [0.25, 0.3) is 0 Å². The van der Waals surface area contributed by atoms with E-state index in [2.05, 4.69) is 47.5 Å². The molecule has 29 heavy (non-hydrogen) atoms. The van der Waals surface area contributed by atoms with Gasteiger partial charge in [-0.25, -0.2) is 0 Å². The first-order valence-corrected chi connectivity index (χ1v) is 11.4. The molecule has 2 N–H and O–H groups in total. The summed E-state index contributed by atoms with van der Waals surface area (Å²) < 4.78 is 5.89. The predicted octanol–water partition coefficient (Wildman–Crippen LogP) is 3.51. The van der Waals surface area contributed by atoms with Crippen LogP contribution in [0.5, 0.6) is 0 Å². The van der Waals surface area contributed by atoms with E-state index in [9.17, 15) is 9.90 Å². The van der Waals surface area contributed by atoms with Crippen LogP contribution in [0.3, 0.4) is 0 Å². The third kappa shape index (κ3) is 4.68. The van der Waals surface area contributed by atoms with Gasteiger partial charge in [0, 0.05) is 37.1 Å². The number of benzene rings is 1. The molecule has 1 heterocycles. The zero-order valence-electron chi connectivity index (χ0n) is 17.7. The summed E-state index contributed by atoms with van der Waals surface area (Å²) in [5.41, 5.74) is 1.14. The maximum Gasteiger partial charge on any atom is 0.310 e. The van der Waals surface area contributed by atoms with Gasteiger partial charge in [-0.2, -0.15) is 0 Å². The lowest BCUT2D eigenvalue weighted by Crippen LogP contribution is -2.53. The summed E-state index contributed by atoms with van der Waals surface area (Å²) in [6.07, 6.45) is 6.13. The number of piperidine rings is 1. The molecule has 2 atom stereocenters. The largest absolute Gasteiger partial charge is 0.481 e. The van der Waals surface area contributed by atoms with Crippen molar-refractivity contribution >= 4 is 5.97 Å². The lowest BCUT2D eigenvalue weighted by Gasteiger charge is -2.46. The van der Waals surface area contributed by atoms with Crippen LogP contribution in [-0.4, -0.2) is 61.4 Å². The SMILES string of the molecule is CCOCC1(CN[C@@H]2CC2c2ccccc2)CCN(CC2(C(=O)O)CCC2)CC1. The van der Waals surface area contributed by atoms with E-state index >= 15 is 0 Å². The van der Waals surface area contributed by atoms with Crippen LogP contribution in [0.1, 0.15) is 56.9 Å². The van der Waals surface area contributed by atoms with Gasteiger partial charge in [0.2, 0.25) is 0 Å². The Morgan fingerprint density at radius 3 is 2.52 bits per heavy atom. The molecule has 0 bridgehead atoms. The Morgan fingerprint density at radius 1 is 1.21 bits per heavy atom. The van der Waals surface area contributed by atoms with E-state index < -0.39 is 11.4 Å². The van der Waals surface area contributed by atoms with E-state index in [1.165, 1.54) is 12.0 Å². The van der Waals surface area contributed by atoms with Crippen molar-refractivity contribution < 1.29 is 14.6 Å². The molecule has 160 valence electrons. The van der Waals surface area contributed by atoms with Crippen molar-refractivity contribution in [3.63, 3.8) is 0 Å². The highest BCUT2D eigenvalue weighted by Crippen LogP contribution is 2.44. The number of nitrogens with one attached hydrogen (secondary N) is 1. The number of likely N-dealkylation sites (tertiary alicyclic amines) is 1. The quantitative estimate of drug-likeness (QED) is 0.629. The van der Waals surface area contributed by atoms with Gasteiger partial charge in [0.25, 0.3) is 0 Å². The molecule has 1 aliphatic heterocycles. The zero-order chi connectivity index (χ0) is 20.3. The highest BCUT2D eigenvalue weighted by atomic mass is 16.5. The maximum atomic E-state index is 11.7. The summed E-state index contributed by atoms with van der Waals surface area (Å²) in [6, 6.07) is 11.4. The van der Waals surface area contributed by atoms with E-state index in [-0.39, 0.29) is 5.41 Å². The second kappa shape index (κ2) is 8.75. The molecule has 1 aromatic rings. The topological polar surface area (TPSA) is 61.8 Å². The molecular weight excluding hydrogens is 364 g/mol. The van der Waals surface area contributed by atoms with Crippen LogP contribution < -0.4 is 5.32 Å². The Hall–Kier alpha value is -1.43. The van der Waals surface area contributed by atoms with Gasteiger partial charge in [0.15, 0.2) is 0 Å². The summed E-state index contributed by atoms with van der Waals surface area (Å²) in [5.74, 6) is 0.0479. The standard InChI is InChI=1S/C24H36N2O3/c1-2-29-18-23(16-25-21-15-20(21)19-7-4-3-5-8-19)11-13-26(14-12-23)17-24(22(27)28)9-6-10-24/h3-5,7-8,20-21,25H,2,6,9-18H2,1H3,(H,27,28)/t20?,21-/m1/s1. The molecule has 3 aliphatic rings. The van der Waals surface area contributed by atoms with Crippen molar-refractivity contribution in [2.75, 3.05) is 39.4 Å². The fraction of sp³-hybridized carbons (Fsp3) is 0.708. The summed E-state index contributed by atoms with van der Waals surface area (Å²) in [4.78, 5) is 14.1. The fourth-order valence-electron chi connectivity index (χ4n) is 5.18. The number of ether oxygens (including phenoxy) is 1. The maximum absolute atomic E-state index is 11.7. The van der Waals surface area contributed by atoms with Crippen molar-refractivity contribution in [3.8, 4) is 0 Å². The highest BCUT2D eigenvalue weighted by molar-refractivity contribution is 5.76. The Balaban J connectivity index is 1.30. The Kier molecular flexibility index (Phi) is 6.28. The van der Waals surface area contributed by atoms with Gasteiger partial charge in [-0.1, -0.05) is 36.8 Å². The van der Waals surface area contributed by atoms with Gasteiger partial charge in [0.1, 0.15) is 0 Å². The molecule has 5 nitrogen and oxygen atoms in total. The smallest absolute Gasteiger partial charge is 0.310 e. The second-order valence-electron chi connectivity index (χ2n) is 9.59. The van der Waals surface area contributed by atoms with Crippen molar-refractivity contribution in [2.45, 2.75) is 57.4 Å². The van der Waals surface area contributed by atoms with E-state index in [1.54, 1.807) is 0 Å². The third-order valence-corrected chi connectivity index (χ3v) is 7.58. The fourth-order valence-corrected chi connectivity index (χ4v) is 5.18. The van der Waals surface area contributed by atoms with E-state index in [4.69, 9.17) is 4.74 Å². The number of carboxylic acids is 1. The molecule has 1 saturated heterocycles. The molecule has 0 aromatic heterocycles. The van der Waals surface area contributed by atoms with Crippen LogP contribution >= 0.6 is 0 Å². The minimum absolute atomic E-state index is 0.173.